The standard InChI is InChI=1S/C13H18N4/c1-3-9(2)8-15-12-10-6-4-5-7-11(10)16-13(14)17-12/h4-7,9H,3,8H2,1-2H3,(H3,14,15,16,17). The number of fused-ring (bicyclic) bond motifs is 1. The van der Waals surface area contributed by atoms with E-state index >= 15 is 0 Å². The summed E-state index contributed by atoms with van der Waals surface area (Å²) in [7, 11) is 0. The van der Waals surface area contributed by atoms with Gasteiger partial charge in [-0.15, -0.1) is 0 Å². The molecule has 3 N–H and O–H groups in total. The van der Waals surface area contributed by atoms with Gasteiger partial charge in [0, 0.05) is 11.9 Å². The van der Waals surface area contributed by atoms with E-state index in [1.807, 2.05) is 24.3 Å². The van der Waals surface area contributed by atoms with Crippen LogP contribution in [-0.2, 0) is 0 Å². The monoisotopic (exact) mass is 230 g/mol. The van der Waals surface area contributed by atoms with E-state index < -0.39 is 0 Å². The number of hydrogen-bond donors (Lipinski definition) is 2. The molecule has 1 aromatic carbocycles. The van der Waals surface area contributed by atoms with E-state index in [2.05, 4.69) is 29.1 Å². The van der Waals surface area contributed by atoms with Gasteiger partial charge in [-0.3, -0.25) is 0 Å². The summed E-state index contributed by atoms with van der Waals surface area (Å²) in [5, 5.41) is 4.37. The van der Waals surface area contributed by atoms with Crippen LogP contribution >= 0.6 is 0 Å². The number of nitrogens with one attached hydrogen (secondary N) is 1. The quantitative estimate of drug-likeness (QED) is 0.847. The van der Waals surface area contributed by atoms with Crippen LogP contribution < -0.4 is 11.1 Å². The first kappa shape index (κ1) is 11.6. The van der Waals surface area contributed by atoms with E-state index in [4.69, 9.17) is 5.73 Å². The second-order valence-electron chi connectivity index (χ2n) is 4.34. The third-order valence-electron chi connectivity index (χ3n) is 2.94. The minimum atomic E-state index is 0.315. The maximum absolute atomic E-state index is 5.70. The molecule has 0 saturated carbocycles. The Bertz CT molecular complexity index is 510. The van der Waals surface area contributed by atoms with Gasteiger partial charge < -0.3 is 11.1 Å². The third kappa shape index (κ3) is 2.64. The predicted molar refractivity (Wildman–Crippen MR) is 71.9 cm³/mol. The number of nitrogens with zero attached hydrogens (tertiary/aromatic N) is 2. The van der Waals surface area contributed by atoms with Crippen LogP contribution in [0.1, 0.15) is 20.3 Å². The summed E-state index contributed by atoms with van der Waals surface area (Å²) in [6.07, 6.45) is 1.14. The highest BCUT2D eigenvalue weighted by Gasteiger charge is 2.06. The average Bonchev–Trinajstić information content (AvgIpc) is 2.35. The zero-order valence-corrected chi connectivity index (χ0v) is 10.3. The molecular weight excluding hydrogens is 212 g/mol. The van der Waals surface area contributed by atoms with Crippen molar-refractivity contribution in [2.45, 2.75) is 20.3 Å². The lowest BCUT2D eigenvalue weighted by Crippen LogP contribution is -2.12. The Morgan fingerprint density at radius 1 is 1.29 bits per heavy atom. The van der Waals surface area contributed by atoms with Crippen molar-refractivity contribution < 1.29 is 0 Å². The van der Waals surface area contributed by atoms with Crippen molar-refractivity contribution in [2.24, 2.45) is 5.92 Å². The van der Waals surface area contributed by atoms with Crippen molar-refractivity contribution >= 4 is 22.7 Å². The van der Waals surface area contributed by atoms with Crippen molar-refractivity contribution in [3.8, 4) is 0 Å². The van der Waals surface area contributed by atoms with Crippen LogP contribution in [0.15, 0.2) is 24.3 Å². The van der Waals surface area contributed by atoms with E-state index in [0.29, 0.717) is 11.9 Å². The smallest absolute Gasteiger partial charge is 0.222 e. The Balaban J connectivity index is 2.32. The second kappa shape index (κ2) is 4.99. The molecule has 1 aromatic heterocycles. The van der Waals surface area contributed by atoms with Crippen LogP contribution in [0.3, 0.4) is 0 Å². The molecule has 0 aliphatic carbocycles. The van der Waals surface area contributed by atoms with Gasteiger partial charge in [0.05, 0.1) is 5.52 Å². The van der Waals surface area contributed by atoms with Gasteiger partial charge in [-0.2, -0.15) is 4.98 Å². The molecule has 0 aliphatic rings. The van der Waals surface area contributed by atoms with Gasteiger partial charge in [-0.05, 0) is 18.1 Å². The molecule has 0 radical (unpaired) electrons. The van der Waals surface area contributed by atoms with E-state index in [1.54, 1.807) is 0 Å². The minimum absolute atomic E-state index is 0.315. The van der Waals surface area contributed by atoms with Crippen LogP contribution in [-0.4, -0.2) is 16.5 Å². The van der Waals surface area contributed by atoms with Gasteiger partial charge in [0.25, 0.3) is 0 Å². The molecular formula is C13H18N4. The first-order chi connectivity index (χ1) is 8.20. The maximum atomic E-state index is 5.70. The molecule has 0 aliphatic heterocycles. The summed E-state index contributed by atoms with van der Waals surface area (Å²) in [4.78, 5) is 8.47. The minimum Gasteiger partial charge on any atom is -0.369 e. The van der Waals surface area contributed by atoms with Gasteiger partial charge in [-0.25, -0.2) is 4.98 Å². The molecule has 2 rings (SSSR count). The number of nitrogens with two attached hydrogens (primary N) is 1. The van der Waals surface area contributed by atoms with Crippen LogP contribution in [0.25, 0.3) is 10.9 Å². The largest absolute Gasteiger partial charge is 0.369 e. The van der Waals surface area contributed by atoms with Crippen molar-refractivity contribution in [2.75, 3.05) is 17.6 Å². The fraction of sp³-hybridized carbons (Fsp3) is 0.385. The molecule has 2 aromatic rings. The molecule has 4 heteroatoms. The van der Waals surface area contributed by atoms with Crippen molar-refractivity contribution in [3.05, 3.63) is 24.3 Å². The van der Waals surface area contributed by atoms with Gasteiger partial charge in [0.2, 0.25) is 5.95 Å². The molecule has 1 heterocycles. The number of para-hydroxylation sites is 1. The number of benzene rings is 1. The molecule has 17 heavy (non-hydrogen) atoms. The van der Waals surface area contributed by atoms with Crippen molar-refractivity contribution in [3.63, 3.8) is 0 Å². The Labute approximate surface area is 101 Å². The Kier molecular flexibility index (Phi) is 3.42. The molecule has 4 nitrogen and oxygen atoms in total. The Morgan fingerprint density at radius 3 is 2.82 bits per heavy atom. The summed E-state index contributed by atoms with van der Waals surface area (Å²) in [5.74, 6) is 1.76. The number of aromatic nitrogens is 2. The van der Waals surface area contributed by atoms with Gasteiger partial charge >= 0.3 is 0 Å². The average molecular weight is 230 g/mol. The lowest BCUT2D eigenvalue weighted by atomic mass is 10.1. The number of rotatable bonds is 4. The van der Waals surface area contributed by atoms with E-state index in [-0.39, 0.29) is 0 Å². The topological polar surface area (TPSA) is 63.8 Å². The molecule has 0 fully saturated rings. The molecule has 0 bridgehead atoms. The number of nitrogen functional groups attached to an aromatic ring is 1. The van der Waals surface area contributed by atoms with Crippen molar-refractivity contribution in [1.29, 1.82) is 0 Å². The fourth-order valence-electron chi connectivity index (χ4n) is 1.64. The predicted octanol–water partition coefficient (Wildman–Crippen LogP) is 2.67. The number of anilines is 2. The first-order valence-electron chi connectivity index (χ1n) is 5.96. The third-order valence-corrected chi connectivity index (χ3v) is 2.94. The Morgan fingerprint density at radius 2 is 2.06 bits per heavy atom. The van der Waals surface area contributed by atoms with Crippen LogP contribution in [0, 0.1) is 5.92 Å². The zero-order valence-electron chi connectivity index (χ0n) is 10.3. The zero-order chi connectivity index (χ0) is 12.3. The van der Waals surface area contributed by atoms with E-state index in [0.717, 1.165) is 29.7 Å². The van der Waals surface area contributed by atoms with Gasteiger partial charge in [0.15, 0.2) is 0 Å². The second-order valence-corrected chi connectivity index (χ2v) is 4.34. The SMILES string of the molecule is CCC(C)CNc1nc(N)nc2ccccc12. The summed E-state index contributed by atoms with van der Waals surface area (Å²) < 4.78 is 0. The molecule has 0 saturated heterocycles. The molecule has 1 atom stereocenters. The summed E-state index contributed by atoms with van der Waals surface area (Å²) >= 11 is 0. The highest BCUT2D eigenvalue weighted by molar-refractivity contribution is 5.89. The van der Waals surface area contributed by atoms with E-state index in [9.17, 15) is 0 Å². The fourth-order valence-corrected chi connectivity index (χ4v) is 1.64. The molecule has 0 amide bonds. The highest BCUT2D eigenvalue weighted by Crippen LogP contribution is 2.21. The molecule has 90 valence electrons. The maximum Gasteiger partial charge on any atom is 0.222 e. The Hall–Kier alpha value is -1.84. The van der Waals surface area contributed by atoms with Crippen LogP contribution in [0.5, 0.6) is 0 Å². The summed E-state index contributed by atoms with van der Waals surface area (Å²) in [5.41, 5.74) is 6.58. The molecule has 0 spiro atoms. The molecule has 1 unspecified atom stereocenters. The van der Waals surface area contributed by atoms with Crippen LogP contribution in [0.2, 0.25) is 0 Å². The number of hydrogen-bond acceptors (Lipinski definition) is 4. The van der Waals surface area contributed by atoms with Gasteiger partial charge in [-0.1, -0.05) is 32.4 Å². The summed E-state index contributed by atoms with van der Waals surface area (Å²) in [6.45, 7) is 5.29. The normalized spacial score (nSPS) is 12.6. The van der Waals surface area contributed by atoms with Crippen LogP contribution in [0.4, 0.5) is 11.8 Å². The highest BCUT2D eigenvalue weighted by atomic mass is 15.1. The lowest BCUT2D eigenvalue weighted by molar-refractivity contribution is 0.593. The van der Waals surface area contributed by atoms with E-state index in [1.165, 1.54) is 0 Å². The van der Waals surface area contributed by atoms with Crippen molar-refractivity contribution in [1.82, 2.24) is 9.97 Å². The lowest BCUT2D eigenvalue weighted by Gasteiger charge is -2.12. The summed E-state index contributed by atoms with van der Waals surface area (Å²) in [6, 6.07) is 7.89. The van der Waals surface area contributed by atoms with Gasteiger partial charge in [0.1, 0.15) is 5.82 Å². The first-order valence-corrected chi connectivity index (χ1v) is 5.96.